The average Bonchev–Trinajstić information content (AvgIpc) is 2.94. The first-order valence-electron chi connectivity index (χ1n) is 13.6. The van der Waals surface area contributed by atoms with Gasteiger partial charge in [-0.15, -0.1) is 0 Å². The molecule has 0 spiro atoms. The first-order chi connectivity index (χ1) is 18.5. The van der Waals surface area contributed by atoms with E-state index in [2.05, 4.69) is 58.9 Å². The highest BCUT2D eigenvalue weighted by atomic mass is 16.3. The molecule has 0 aliphatic rings. The number of phenols is 2. The van der Waals surface area contributed by atoms with E-state index in [9.17, 15) is 20.4 Å². The third-order valence-electron chi connectivity index (χ3n) is 8.25. The van der Waals surface area contributed by atoms with Gasteiger partial charge in [-0.1, -0.05) is 107 Å². The van der Waals surface area contributed by atoms with Gasteiger partial charge in [-0.3, -0.25) is 0 Å². The summed E-state index contributed by atoms with van der Waals surface area (Å²) in [6.07, 6.45) is -0.718. The SMILES string of the molecule is CCC(c1ccccc1C(C)(C)C(O)c1ccc(O)cc1)c1ccccc1C(C)(C)C(O)c1ccc(O)cc1. The lowest BCUT2D eigenvalue weighted by Gasteiger charge is -2.37. The molecule has 204 valence electrons. The van der Waals surface area contributed by atoms with Crippen LogP contribution in [0.1, 0.15) is 92.5 Å². The lowest BCUT2D eigenvalue weighted by molar-refractivity contribution is 0.0988. The van der Waals surface area contributed by atoms with Crippen molar-refractivity contribution >= 4 is 0 Å². The predicted molar refractivity (Wildman–Crippen MR) is 157 cm³/mol. The van der Waals surface area contributed by atoms with E-state index >= 15 is 0 Å². The van der Waals surface area contributed by atoms with Crippen molar-refractivity contribution in [1.29, 1.82) is 0 Å². The van der Waals surface area contributed by atoms with Crippen LogP contribution >= 0.6 is 0 Å². The van der Waals surface area contributed by atoms with E-state index in [4.69, 9.17) is 0 Å². The fourth-order valence-corrected chi connectivity index (χ4v) is 5.82. The molecule has 4 nitrogen and oxygen atoms in total. The van der Waals surface area contributed by atoms with E-state index in [-0.39, 0.29) is 17.4 Å². The van der Waals surface area contributed by atoms with Gasteiger partial charge in [0.1, 0.15) is 11.5 Å². The van der Waals surface area contributed by atoms with Gasteiger partial charge in [0.25, 0.3) is 0 Å². The topological polar surface area (TPSA) is 80.9 Å². The number of phenolic OH excluding ortho intramolecular Hbond substituents is 2. The van der Waals surface area contributed by atoms with Crippen LogP contribution in [0.3, 0.4) is 0 Å². The smallest absolute Gasteiger partial charge is 0.115 e. The summed E-state index contributed by atoms with van der Waals surface area (Å²) < 4.78 is 0. The van der Waals surface area contributed by atoms with Crippen LogP contribution in [-0.2, 0) is 10.8 Å². The Morgan fingerprint density at radius 2 is 0.872 bits per heavy atom. The highest BCUT2D eigenvalue weighted by molar-refractivity contribution is 5.48. The third kappa shape index (κ3) is 5.59. The summed E-state index contributed by atoms with van der Waals surface area (Å²) in [6.45, 7) is 10.4. The number of benzene rings is 4. The molecular weight excluding hydrogens is 484 g/mol. The Hall–Kier alpha value is -3.60. The molecule has 0 bridgehead atoms. The first-order valence-corrected chi connectivity index (χ1v) is 13.6. The molecule has 0 saturated heterocycles. The van der Waals surface area contributed by atoms with E-state index < -0.39 is 23.0 Å². The molecule has 2 atom stereocenters. The molecule has 39 heavy (non-hydrogen) atoms. The van der Waals surface area contributed by atoms with Gasteiger partial charge in [-0.2, -0.15) is 0 Å². The second-order valence-corrected chi connectivity index (χ2v) is 11.6. The van der Waals surface area contributed by atoms with E-state index in [0.717, 1.165) is 39.8 Å². The highest BCUT2D eigenvalue weighted by Gasteiger charge is 2.37. The molecule has 0 saturated carbocycles. The Kier molecular flexibility index (Phi) is 8.20. The third-order valence-corrected chi connectivity index (χ3v) is 8.25. The van der Waals surface area contributed by atoms with Gasteiger partial charge in [-0.05, 0) is 64.1 Å². The second kappa shape index (κ2) is 11.3. The molecule has 4 aromatic carbocycles. The zero-order valence-electron chi connectivity index (χ0n) is 23.5. The zero-order chi connectivity index (χ0) is 28.4. The molecule has 0 amide bonds. The van der Waals surface area contributed by atoms with Gasteiger partial charge in [0, 0.05) is 16.7 Å². The maximum Gasteiger partial charge on any atom is 0.115 e. The van der Waals surface area contributed by atoms with Crippen LogP contribution in [0, 0.1) is 0 Å². The van der Waals surface area contributed by atoms with Crippen molar-refractivity contribution in [2.75, 3.05) is 0 Å². The van der Waals surface area contributed by atoms with Crippen molar-refractivity contribution in [1.82, 2.24) is 0 Å². The van der Waals surface area contributed by atoms with E-state index in [1.807, 2.05) is 24.3 Å². The Morgan fingerprint density at radius 3 is 1.21 bits per heavy atom. The maximum atomic E-state index is 11.5. The standard InChI is InChI=1S/C35H40O4/c1-6-27(28-11-7-9-13-30(28)34(2,3)32(38)23-15-19-25(36)20-16-23)29-12-8-10-14-31(29)35(4,5)33(39)24-17-21-26(37)22-18-24/h7-22,27,32-33,36-39H,6H2,1-5H3. The van der Waals surface area contributed by atoms with Crippen LogP contribution in [0.5, 0.6) is 11.5 Å². The van der Waals surface area contributed by atoms with Gasteiger partial charge in [0.05, 0.1) is 12.2 Å². The second-order valence-electron chi connectivity index (χ2n) is 11.6. The molecule has 4 aromatic rings. The lowest BCUT2D eigenvalue weighted by Crippen LogP contribution is -2.30. The summed E-state index contributed by atoms with van der Waals surface area (Å²) in [4.78, 5) is 0. The Labute approximate surface area is 232 Å². The Balaban J connectivity index is 1.79. The molecule has 0 heterocycles. The fourth-order valence-electron chi connectivity index (χ4n) is 5.82. The van der Waals surface area contributed by atoms with E-state index in [1.54, 1.807) is 48.5 Å². The lowest BCUT2D eigenvalue weighted by atomic mass is 9.68. The van der Waals surface area contributed by atoms with Gasteiger partial charge < -0.3 is 20.4 Å². The largest absolute Gasteiger partial charge is 0.508 e. The Morgan fingerprint density at radius 1 is 0.538 bits per heavy atom. The minimum atomic E-state index is -0.778. The average molecular weight is 525 g/mol. The molecule has 4 N–H and O–H groups in total. The van der Waals surface area contributed by atoms with Crippen molar-refractivity contribution in [3.05, 3.63) is 130 Å². The minimum absolute atomic E-state index is 0.0370. The van der Waals surface area contributed by atoms with E-state index in [0.29, 0.717) is 0 Å². The summed E-state index contributed by atoms with van der Waals surface area (Å²) >= 11 is 0. The van der Waals surface area contributed by atoms with Gasteiger partial charge >= 0.3 is 0 Å². The molecule has 0 aromatic heterocycles. The van der Waals surface area contributed by atoms with Gasteiger partial charge in [0.2, 0.25) is 0 Å². The van der Waals surface area contributed by atoms with Crippen molar-refractivity contribution < 1.29 is 20.4 Å². The Bertz CT molecular complexity index is 1280. The van der Waals surface area contributed by atoms with Crippen LogP contribution in [0.25, 0.3) is 0 Å². The molecule has 2 unspecified atom stereocenters. The number of rotatable bonds is 9. The summed E-state index contributed by atoms with van der Waals surface area (Å²) in [5, 5.41) is 42.5. The number of hydrogen-bond donors (Lipinski definition) is 4. The highest BCUT2D eigenvalue weighted by Crippen LogP contribution is 2.46. The zero-order valence-corrected chi connectivity index (χ0v) is 23.5. The summed E-state index contributed by atoms with van der Waals surface area (Å²) in [6, 6.07) is 30.1. The molecule has 0 aliphatic heterocycles. The van der Waals surface area contributed by atoms with Crippen molar-refractivity contribution in [2.45, 2.75) is 70.0 Å². The fraction of sp³-hybridized carbons (Fsp3) is 0.314. The van der Waals surface area contributed by atoms with Gasteiger partial charge in [0.15, 0.2) is 0 Å². The molecular formula is C35H40O4. The maximum absolute atomic E-state index is 11.5. The van der Waals surface area contributed by atoms with Crippen LogP contribution in [0.2, 0.25) is 0 Å². The van der Waals surface area contributed by atoms with Crippen LogP contribution < -0.4 is 0 Å². The minimum Gasteiger partial charge on any atom is -0.508 e. The monoisotopic (exact) mass is 524 g/mol. The molecule has 0 aliphatic carbocycles. The quantitative estimate of drug-likeness (QED) is 0.181. The number of hydrogen-bond acceptors (Lipinski definition) is 4. The normalized spacial score (nSPS) is 14.5. The predicted octanol–water partition coefficient (Wildman–Crippen LogP) is 7.66. The molecule has 4 heteroatoms. The van der Waals surface area contributed by atoms with Crippen LogP contribution in [0.15, 0.2) is 97.1 Å². The van der Waals surface area contributed by atoms with Crippen molar-refractivity contribution in [2.24, 2.45) is 0 Å². The summed E-state index contributed by atoms with van der Waals surface area (Å²) in [7, 11) is 0. The molecule has 0 fully saturated rings. The number of aliphatic hydroxyl groups is 2. The van der Waals surface area contributed by atoms with Crippen molar-refractivity contribution in [3.63, 3.8) is 0 Å². The molecule has 4 rings (SSSR count). The van der Waals surface area contributed by atoms with Gasteiger partial charge in [-0.25, -0.2) is 0 Å². The van der Waals surface area contributed by atoms with Crippen LogP contribution in [-0.4, -0.2) is 20.4 Å². The van der Waals surface area contributed by atoms with Crippen molar-refractivity contribution in [3.8, 4) is 11.5 Å². The first kappa shape index (κ1) is 28.4. The van der Waals surface area contributed by atoms with Crippen LogP contribution in [0.4, 0.5) is 0 Å². The summed E-state index contributed by atoms with van der Waals surface area (Å²) in [5.74, 6) is 0.378. The van der Waals surface area contributed by atoms with E-state index in [1.165, 1.54) is 0 Å². The number of aliphatic hydroxyl groups excluding tert-OH is 2. The summed E-state index contributed by atoms with van der Waals surface area (Å²) in [5.41, 5.74) is 4.68. The number of aromatic hydroxyl groups is 2. The molecule has 0 radical (unpaired) electrons.